The smallest absolute Gasteiger partial charge is 0.236 e. The predicted octanol–water partition coefficient (Wildman–Crippen LogP) is 1.23. The van der Waals surface area contributed by atoms with Gasteiger partial charge in [-0.3, -0.25) is 14.5 Å². The van der Waals surface area contributed by atoms with E-state index in [0.717, 1.165) is 45.3 Å². The summed E-state index contributed by atoms with van der Waals surface area (Å²) >= 11 is 0. The number of hydrogen-bond donors (Lipinski definition) is 1. The predicted molar refractivity (Wildman–Crippen MR) is 97.1 cm³/mol. The van der Waals surface area contributed by atoms with E-state index in [-0.39, 0.29) is 23.3 Å². The normalized spacial score (nSPS) is 25.2. The Morgan fingerprint density at radius 3 is 2.73 bits per heavy atom. The van der Waals surface area contributed by atoms with Gasteiger partial charge in [-0.15, -0.1) is 0 Å². The van der Waals surface area contributed by atoms with Crippen LogP contribution in [0.2, 0.25) is 0 Å². The number of primary amides is 1. The number of amides is 2. The summed E-state index contributed by atoms with van der Waals surface area (Å²) in [4.78, 5) is 28.1. The van der Waals surface area contributed by atoms with Crippen LogP contribution in [0.15, 0.2) is 24.3 Å². The van der Waals surface area contributed by atoms with Crippen LogP contribution in [-0.4, -0.2) is 54.3 Å². The minimum atomic E-state index is -0.292. The summed E-state index contributed by atoms with van der Waals surface area (Å²) in [6.45, 7) is 4.03. The molecule has 1 spiro atoms. The molecular formula is C20H27N3O3. The summed E-state index contributed by atoms with van der Waals surface area (Å²) in [6, 6.07) is 8.47. The molecule has 2 N–H and O–H groups in total. The van der Waals surface area contributed by atoms with Crippen LogP contribution < -0.4 is 5.73 Å². The number of carbonyl (C=O) groups excluding carboxylic acids is 2. The molecule has 2 saturated heterocycles. The highest BCUT2D eigenvalue weighted by atomic mass is 16.5. The van der Waals surface area contributed by atoms with Gasteiger partial charge in [-0.05, 0) is 36.8 Å². The molecule has 0 radical (unpaired) electrons. The fourth-order valence-corrected chi connectivity index (χ4v) is 4.60. The number of nitrogens with two attached hydrogens (primary N) is 1. The molecule has 3 aliphatic heterocycles. The van der Waals surface area contributed by atoms with Gasteiger partial charge < -0.3 is 15.4 Å². The van der Waals surface area contributed by atoms with Crippen LogP contribution in [0.25, 0.3) is 0 Å². The number of fused-ring (bicyclic) bond motifs is 2. The second-order valence-electron chi connectivity index (χ2n) is 7.80. The van der Waals surface area contributed by atoms with Crippen molar-refractivity contribution >= 4 is 11.8 Å². The minimum absolute atomic E-state index is 0.111. The van der Waals surface area contributed by atoms with Crippen LogP contribution >= 0.6 is 0 Å². The first-order chi connectivity index (χ1) is 12.6. The third-order valence-electron chi connectivity index (χ3n) is 6.21. The molecule has 1 unspecified atom stereocenters. The molecule has 3 heterocycles. The van der Waals surface area contributed by atoms with Crippen LogP contribution in [0.3, 0.4) is 0 Å². The molecule has 4 rings (SSSR count). The summed E-state index contributed by atoms with van der Waals surface area (Å²) in [5.74, 6) is -0.375. The first-order valence-corrected chi connectivity index (χ1v) is 9.59. The van der Waals surface area contributed by atoms with Crippen molar-refractivity contribution in [3.8, 4) is 0 Å². The lowest BCUT2D eigenvalue weighted by Crippen LogP contribution is -2.50. The lowest BCUT2D eigenvalue weighted by Gasteiger charge is -2.40. The largest absolute Gasteiger partial charge is 0.369 e. The molecule has 1 atom stereocenters. The van der Waals surface area contributed by atoms with Crippen LogP contribution in [0.5, 0.6) is 0 Å². The van der Waals surface area contributed by atoms with Gasteiger partial charge in [-0.2, -0.15) is 0 Å². The van der Waals surface area contributed by atoms with Gasteiger partial charge in [-0.25, -0.2) is 0 Å². The Hall–Kier alpha value is -1.92. The number of benzene rings is 1. The van der Waals surface area contributed by atoms with Crippen molar-refractivity contribution < 1.29 is 14.3 Å². The Labute approximate surface area is 154 Å². The molecule has 2 fully saturated rings. The van der Waals surface area contributed by atoms with Gasteiger partial charge in [0.15, 0.2) is 0 Å². The van der Waals surface area contributed by atoms with Crippen LogP contribution in [0, 0.1) is 5.92 Å². The fraction of sp³-hybridized carbons (Fsp3) is 0.600. The number of hydrogen-bond acceptors (Lipinski definition) is 4. The highest BCUT2D eigenvalue weighted by Gasteiger charge is 2.42. The van der Waals surface area contributed by atoms with Gasteiger partial charge in [0.25, 0.3) is 0 Å². The maximum Gasteiger partial charge on any atom is 0.236 e. The third-order valence-corrected chi connectivity index (χ3v) is 6.21. The van der Waals surface area contributed by atoms with Crippen molar-refractivity contribution in [1.29, 1.82) is 0 Å². The molecule has 2 amide bonds. The summed E-state index contributed by atoms with van der Waals surface area (Å²) in [5, 5.41) is 0. The van der Waals surface area contributed by atoms with Crippen LogP contribution in [0.4, 0.5) is 0 Å². The van der Waals surface area contributed by atoms with E-state index in [2.05, 4.69) is 29.2 Å². The van der Waals surface area contributed by atoms with E-state index in [1.807, 2.05) is 4.90 Å². The average Bonchev–Trinajstić information content (AvgIpc) is 3.02. The molecule has 0 aliphatic carbocycles. The van der Waals surface area contributed by atoms with E-state index in [1.165, 1.54) is 11.1 Å². The second-order valence-corrected chi connectivity index (χ2v) is 7.80. The van der Waals surface area contributed by atoms with Crippen molar-refractivity contribution in [2.45, 2.75) is 37.9 Å². The molecule has 0 saturated carbocycles. The first kappa shape index (κ1) is 17.5. The SMILES string of the molecule is NC(=O)C1CCCN(C(=O)CN2CCC3(CC2)OCc2ccccc23)C1. The monoisotopic (exact) mass is 357 g/mol. The molecule has 6 heteroatoms. The van der Waals surface area contributed by atoms with E-state index in [4.69, 9.17) is 10.5 Å². The van der Waals surface area contributed by atoms with Gasteiger partial charge in [0.1, 0.15) is 0 Å². The molecule has 140 valence electrons. The molecule has 0 bridgehead atoms. The highest BCUT2D eigenvalue weighted by molar-refractivity contribution is 5.81. The number of piperidine rings is 2. The van der Waals surface area contributed by atoms with Gasteiger partial charge >= 0.3 is 0 Å². The molecule has 3 aliphatic rings. The van der Waals surface area contributed by atoms with Crippen molar-refractivity contribution in [3.63, 3.8) is 0 Å². The van der Waals surface area contributed by atoms with Crippen LogP contribution in [-0.2, 0) is 26.5 Å². The Bertz CT molecular complexity index is 697. The zero-order valence-corrected chi connectivity index (χ0v) is 15.2. The van der Waals surface area contributed by atoms with Crippen molar-refractivity contribution in [3.05, 3.63) is 35.4 Å². The number of nitrogens with zero attached hydrogens (tertiary/aromatic N) is 2. The standard InChI is InChI=1S/C20H27N3O3/c21-19(25)15-5-3-9-23(12-15)18(24)13-22-10-7-20(8-11-22)17-6-2-1-4-16(17)14-26-20/h1-2,4,6,15H,3,5,7-14H2,(H2,21,25). The van der Waals surface area contributed by atoms with Crippen molar-refractivity contribution in [2.75, 3.05) is 32.7 Å². The third kappa shape index (κ3) is 3.23. The Balaban J connectivity index is 1.33. The van der Waals surface area contributed by atoms with Crippen molar-refractivity contribution in [2.24, 2.45) is 11.7 Å². The quantitative estimate of drug-likeness (QED) is 0.883. The topological polar surface area (TPSA) is 75.9 Å². The summed E-state index contributed by atoms with van der Waals surface area (Å²) in [6.07, 6.45) is 3.48. The molecule has 26 heavy (non-hydrogen) atoms. The summed E-state index contributed by atoms with van der Waals surface area (Å²) in [7, 11) is 0. The number of rotatable bonds is 3. The van der Waals surface area contributed by atoms with Crippen LogP contribution in [0.1, 0.15) is 36.8 Å². The zero-order chi connectivity index (χ0) is 18.1. The van der Waals surface area contributed by atoms with Gasteiger partial charge in [0.05, 0.1) is 24.7 Å². The molecule has 1 aromatic carbocycles. The fourth-order valence-electron chi connectivity index (χ4n) is 4.60. The maximum atomic E-state index is 12.6. The lowest BCUT2D eigenvalue weighted by molar-refractivity contribution is -0.137. The average molecular weight is 357 g/mol. The second kappa shape index (κ2) is 7.00. The van der Waals surface area contributed by atoms with E-state index < -0.39 is 0 Å². The number of carbonyl (C=O) groups is 2. The van der Waals surface area contributed by atoms with Gasteiger partial charge in [0, 0.05) is 26.2 Å². The van der Waals surface area contributed by atoms with E-state index in [1.54, 1.807) is 0 Å². The van der Waals surface area contributed by atoms with Crippen molar-refractivity contribution in [1.82, 2.24) is 9.80 Å². The highest BCUT2D eigenvalue weighted by Crippen LogP contribution is 2.43. The Morgan fingerprint density at radius 1 is 1.19 bits per heavy atom. The molecule has 1 aromatic rings. The zero-order valence-electron chi connectivity index (χ0n) is 15.2. The lowest BCUT2D eigenvalue weighted by atomic mass is 9.84. The molecule has 6 nitrogen and oxygen atoms in total. The Morgan fingerprint density at radius 2 is 1.96 bits per heavy atom. The minimum Gasteiger partial charge on any atom is -0.369 e. The van der Waals surface area contributed by atoms with E-state index in [9.17, 15) is 9.59 Å². The number of likely N-dealkylation sites (tertiary alicyclic amines) is 2. The van der Waals surface area contributed by atoms with E-state index in [0.29, 0.717) is 19.7 Å². The van der Waals surface area contributed by atoms with Gasteiger partial charge in [-0.1, -0.05) is 24.3 Å². The molecule has 0 aromatic heterocycles. The van der Waals surface area contributed by atoms with E-state index >= 15 is 0 Å². The molecular weight excluding hydrogens is 330 g/mol. The number of ether oxygens (including phenoxy) is 1. The van der Waals surface area contributed by atoms with Gasteiger partial charge in [0.2, 0.25) is 11.8 Å². The Kier molecular flexibility index (Phi) is 4.71. The summed E-state index contributed by atoms with van der Waals surface area (Å²) < 4.78 is 6.19. The first-order valence-electron chi connectivity index (χ1n) is 9.59. The maximum absolute atomic E-state index is 12.6. The summed E-state index contributed by atoms with van der Waals surface area (Å²) in [5.41, 5.74) is 7.87.